The average Bonchev–Trinajstić information content (AvgIpc) is 3.07. The molecule has 0 aromatic carbocycles. The smallest absolute Gasteiger partial charge is 0.0419 e. The molecule has 2 bridgehead atoms. The van der Waals surface area contributed by atoms with Crippen molar-refractivity contribution >= 4 is 0 Å². The van der Waals surface area contributed by atoms with E-state index >= 15 is 0 Å². The van der Waals surface area contributed by atoms with Gasteiger partial charge in [0, 0.05) is 24.4 Å². The Kier molecular flexibility index (Phi) is 4.17. The molecule has 1 heterocycles. The molecule has 0 amide bonds. The Morgan fingerprint density at radius 2 is 2.26 bits per heavy atom. The second-order valence-corrected chi connectivity index (χ2v) is 6.42. The SMILES string of the molecule is CCCNC(Cc1ccccn1)C1CC2CCC1C2. The van der Waals surface area contributed by atoms with Gasteiger partial charge in [-0.25, -0.2) is 0 Å². The number of nitrogens with zero attached hydrogens (tertiary/aromatic N) is 1. The Morgan fingerprint density at radius 1 is 1.32 bits per heavy atom. The molecule has 0 saturated heterocycles. The van der Waals surface area contributed by atoms with E-state index in [2.05, 4.69) is 29.4 Å². The highest BCUT2D eigenvalue weighted by molar-refractivity contribution is 5.07. The topological polar surface area (TPSA) is 24.9 Å². The number of aromatic nitrogens is 1. The fourth-order valence-electron chi connectivity index (χ4n) is 4.24. The summed E-state index contributed by atoms with van der Waals surface area (Å²) in [6.45, 7) is 3.40. The summed E-state index contributed by atoms with van der Waals surface area (Å²) in [5.41, 5.74) is 1.25. The van der Waals surface area contributed by atoms with Crippen LogP contribution < -0.4 is 5.32 Å². The first-order valence-corrected chi connectivity index (χ1v) is 8.00. The van der Waals surface area contributed by atoms with Crippen LogP contribution >= 0.6 is 0 Å². The fourth-order valence-corrected chi connectivity index (χ4v) is 4.24. The molecule has 19 heavy (non-hydrogen) atoms. The highest BCUT2D eigenvalue weighted by Gasteiger charge is 2.42. The first kappa shape index (κ1) is 13.1. The van der Waals surface area contributed by atoms with Crippen molar-refractivity contribution in [1.82, 2.24) is 10.3 Å². The maximum atomic E-state index is 4.52. The summed E-state index contributed by atoms with van der Waals surface area (Å²) in [6, 6.07) is 6.94. The van der Waals surface area contributed by atoms with Crippen LogP contribution in [0.15, 0.2) is 24.4 Å². The minimum atomic E-state index is 0.644. The first-order chi connectivity index (χ1) is 9.36. The van der Waals surface area contributed by atoms with E-state index in [4.69, 9.17) is 0 Å². The quantitative estimate of drug-likeness (QED) is 0.845. The van der Waals surface area contributed by atoms with Gasteiger partial charge in [0.15, 0.2) is 0 Å². The molecule has 2 aliphatic carbocycles. The number of rotatable bonds is 6. The Morgan fingerprint density at radius 3 is 2.89 bits per heavy atom. The summed E-state index contributed by atoms with van der Waals surface area (Å²) in [5.74, 6) is 2.92. The average molecular weight is 258 g/mol. The number of fused-ring (bicyclic) bond motifs is 2. The van der Waals surface area contributed by atoms with Gasteiger partial charge in [-0.15, -0.1) is 0 Å². The number of hydrogen-bond acceptors (Lipinski definition) is 2. The van der Waals surface area contributed by atoms with Gasteiger partial charge in [-0.3, -0.25) is 4.98 Å². The molecule has 1 aromatic rings. The van der Waals surface area contributed by atoms with Crippen LogP contribution in [0.5, 0.6) is 0 Å². The number of nitrogens with one attached hydrogen (secondary N) is 1. The molecule has 0 spiro atoms. The lowest BCUT2D eigenvalue weighted by Gasteiger charge is -2.31. The molecule has 1 aromatic heterocycles. The number of hydrogen-bond donors (Lipinski definition) is 1. The van der Waals surface area contributed by atoms with Gasteiger partial charge in [0.2, 0.25) is 0 Å². The molecule has 0 radical (unpaired) electrons. The van der Waals surface area contributed by atoms with Gasteiger partial charge in [-0.05, 0) is 62.1 Å². The van der Waals surface area contributed by atoms with Crippen LogP contribution in [0.1, 0.15) is 44.7 Å². The maximum absolute atomic E-state index is 4.52. The van der Waals surface area contributed by atoms with E-state index in [1.165, 1.54) is 37.8 Å². The molecule has 2 nitrogen and oxygen atoms in total. The van der Waals surface area contributed by atoms with Gasteiger partial charge in [0.25, 0.3) is 0 Å². The molecule has 0 aliphatic heterocycles. The first-order valence-electron chi connectivity index (χ1n) is 8.00. The van der Waals surface area contributed by atoms with E-state index in [0.717, 1.165) is 30.7 Å². The largest absolute Gasteiger partial charge is 0.313 e. The van der Waals surface area contributed by atoms with Crippen molar-refractivity contribution < 1.29 is 0 Å². The van der Waals surface area contributed by atoms with Crippen LogP contribution in [-0.4, -0.2) is 17.6 Å². The molecule has 2 fully saturated rings. The van der Waals surface area contributed by atoms with Crippen molar-refractivity contribution in [2.45, 2.75) is 51.5 Å². The van der Waals surface area contributed by atoms with Crippen molar-refractivity contribution in [3.8, 4) is 0 Å². The van der Waals surface area contributed by atoms with Gasteiger partial charge >= 0.3 is 0 Å². The van der Waals surface area contributed by atoms with E-state index in [-0.39, 0.29) is 0 Å². The molecule has 4 unspecified atom stereocenters. The Labute approximate surface area is 117 Å². The maximum Gasteiger partial charge on any atom is 0.0419 e. The summed E-state index contributed by atoms with van der Waals surface area (Å²) < 4.78 is 0. The number of pyridine rings is 1. The fraction of sp³-hybridized carbons (Fsp3) is 0.706. The second kappa shape index (κ2) is 6.04. The summed E-state index contributed by atoms with van der Waals surface area (Å²) >= 11 is 0. The molecular formula is C17H26N2. The molecule has 2 heteroatoms. The molecular weight excluding hydrogens is 232 g/mol. The third kappa shape index (κ3) is 3.00. The molecule has 4 atom stereocenters. The van der Waals surface area contributed by atoms with Crippen molar-refractivity contribution in [3.05, 3.63) is 30.1 Å². The van der Waals surface area contributed by atoms with Crippen LogP contribution in [0.25, 0.3) is 0 Å². The van der Waals surface area contributed by atoms with E-state index in [1.807, 2.05) is 12.3 Å². The normalized spacial score (nSPS) is 30.7. The highest BCUT2D eigenvalue weighted by Crippen LogP contribution is 2.49. The van der Waals surface area contributed by atoms with Crippen LogP contribution in [0, 0.1) is 17.8 Å². The minimum absolute atomic E-state index is 0.644. The van der Waals surface area contributed by atoms with Gasteiger partial charge in [-0.2, -0.15) is 0 Å². The molecule has 104 valence electrons. The third-order valence-corrected chi connectivity index (χ3v) is 5.12. The van der Waals surface area contributed by atoms with Crippen LogP contribution in [0.3, 0.4) is 0 Å². The van der Waals surface area contributed by atoms with Crippen molar-refractivity contribution in [2.75, 3.05) is 6.54 Å². The lowest BCUT2D eigenvalue weighted by Crippen LogP contribution is -2.41. The standard InChI is InChI=1S/C17H26N2/c1-2-8-19-17(12-15-5-3-4-9-18-15)16-11-13-6-7-14(16)10-13/h3-5,9,13-14,16-17,19H,2,6-8,10-12H2,1H3. The summed E-state index contributed by atoms with van der Waals surface area (Å²) in [4.78, 5) is 4.52. The monoisotopic (exact) mass is 258 g/mol. The van der Waals surface area contributed by atoms with Crippen molar-refractivity contribution in [3.63, 3.8) is 0 Å². The van der Waals surface area contributed by atoms with E-state index in [9.17, 15) is 0 Å². The van der Waals surface area contributed by atoms with Crippen LogP contribution in [-0.2, 0) is 6.42 Å². The van der Waals surface area contributed by atoms with E-state index < -0.39 is 0 Å². The zero-order valence-corrected chi connectivity index (χ0v) is 12.0. The Bertz CT molecular complexity index is 390. The van der Waals surface area contributed by atoms with Crippen molar-refractivity contribution in [2.24, 2.45) is 17.8 Å². The van der Waals surface area contributed by atoms with Gasteiger partial charge in [-0.1, -0.05) is 19.4 Å². The van der Waals surface area contributed by atoms with E-state index in [1.54, 1.807) is 0 Å². The predicted octanol–water partition coefficient (Wildman–Crippen LogP) is 3.43. The molecule has 2 saturated carbocycles. The van der Waals surface area contributed by atoms with Crippen LogP contribution in [0.2, 0.25) is 0 Å². The summed E-state index contributed by atoms with van der Waals surface area (Å²) in [6.07, 6.45) is 10.2. The second-order valence-electron chi connectivity index (χ2n) is 6.42. The molecule has 1 N–H and O–H groups in total. The van der Waals surface area contributed by atoms with Crippen molar-refractivity contribution in [1.29, 1.82) is 0 Å². The summed E-state index contributed by atoms with van der Waals surface area (Å²) in [5, 5.41) is 3.80. The highest BCUT2D eigenvalue weighted by atomic mass is 14.9. The Balaban J connectivity index is 1.67. The third-order valence-electron chi connectivity index (χ3n) is 5.12. The predicted molar refractivity (Wildman–Crippen MR) is 79.0 cm³/mol. The van der Waals surface area contributed by atoms with Gasteiger partial charge in [0.1, 0.15) is 0 Å². The summed E-state index contributed by atoms with van der Waals surface area (Å²) in [7, 11) is 0. The molecule has 3 rings (SSSR count). The lowest BCUT2D eigenvalue weighted by molar-refractivity contribution is 0.246. The zero-order chi connectivity index (χ0) is 13.1. The van der Waals surface area contributed by atoms with E-state index in [0.29, 0.717) is 6.04 Å². The van der Waals surface area contributed by atoms with Gasteiger partial charge in [0.05, 0.1) is 0 Å². The van der Waals surface area contributed by atoms with Crippen LogP contribution in [0.4, 0.5) is 0 Å². The molecule has 2 aliphatic rings. The minimum Gasteiger partial charge on any atom is -0.313 e. The Hall–Kier alpha value is -0.890. The van der Waals surface area contributed by atoms with Gasteiger partial charge < -0.3 is 5.32 Å². The lowest BCUT2D eigenvalue weighted by atomic mass is 9.81. The zero-order valence-electron chi connectivity index (χ0n) is 12.0.